The Morgan fingerprint density at radius 3 is 2.67 bits per heavy atom. The average molecular weight is 275 g/mol. The van der Waals surface area contributed by atoms with Gasteiger partial charge < -0.3 is 10.4 Å². The van der Waals surface area contributed by atoms with Gasteiger partial charge in [0, 0.05) is 18.8 Å². The van der Waals surface area contributed by atoms with Crippen LogP contribution in [0.5, 0.6) is 0 Å². The Morgan fingerprint density at radius 2 is 2.17 bits per heavy atom. The van der Waals surface area contributed by atoms with Crippen LogP contribution < -0.4 is 5.32 Å². The molecule has 18 heavy (non-hydrogen) atoms. The van der Waals surface area contributed by atoms with Crippen LogP contribution >= 0.6 is 11.3 Å². The van der Waals surface area contributed by atoms with Gasteiger partial charge in [-0.2, -0.15) is 0 Å². The number of carbonyl (C=O) groups excluding carboxylic acids is 1. The highest BCUT2D eigenvalue weighted by Gasteiger charge is 2.42. The first-order chi connectivity index (χ1) is 8.37. The van der Waals surface area contributed by atoms with Crippen LogP contribution in [0.2, 0.25) is 0 Å². The van der Waals surface area contributed by atoms with E-state index in [-0.39, 0.29) is 17.7 Å². The highest BCUT2D eigenvalue weighted by Crippen LogP contribution is 2.39. The van der Waals surface area contributed by atoms with Gasteiger partial charge in [-0.15, -0.1) is 11.3 Å². The highest BCUT2D eigenvalue weighted by molar-refractivity contribution is 7.18. The fourth-order valence-corrected chi connectivity index (χ4v) is 2.67. The second-order valence-electron chi connectivity index (χ2n) is 4.25. The summed E-state index contributed by atoms with van der Waals surface area (Å²) in [6.07, 6.45) is -0.540. The lowest BCUT2D eigenvalue weighted by Crippen LogP contribution is -2.21. The molecule has 1 aromatic heterocycles. The quantitative estimate of drug-likeness (QED) is 0.891. The SMILES string of the molecule is O=C(O)c1ccc(NC(=O)C2CCC(F)(F)C2)s1. The van der Waals surface area contributed by atoms with Crippen molar-refractivity contribution in [2.24, 2.45) is 5.92 Å². The van der Waals surface area contributed by atoms with E-state index in [1.165, 1.54) is 12.1 Å². The zero-order valence-electron chi connectivity index (χ0n) is 9.28. The fraction of sp³-hybridized carbons (Fsp3) is 0.455. The Hall–Kier alpha value is -1.50. The third kappa shape index (κ3) is 2.84. The van der Waals surface area contributed by atoms with E-state index in [0.29, 0.717) is 5.00 Å². The van der Waals surface area contributed by atoms with Gasteiger partial charge in [0.25, 0.3) is 0 Å². The molecule has 0 bridgehead atoms. The van der Waals surface area contributed by atoms with E-state index in [2.05, 4.69) is 5.32 Å². The molecule has 98 valence electrons. The normalized spacial score (nSPS) is 21.8. The summed E-state index contributed by atoms with van der Waals surface area (Å²) in [5, 5.41) is 11.6. The number of hydrogen-bond donors (Lipinski definition) is 2. The summed E-state index contributed by atoms with van der Waals surface area (Å²) in [5.74, 6) is -5.00. The predicted molar refractivity (Wildman–Crippen MR) is 62.2 cm³/mol. The van der Waals surface area contributed by atoms with E-state index in [1.54, 1.807) is 0 Å². The Balaban J connectivity index is 1.97. The molecule has 1 amide bonds. The van der Waals surface area contributed by atoms with Gasteiger partial charge in [0.1, 0.15) is 4.88 Å². The second-order valence-corrected chi connectivity index (χ2v) is 5.34. The summed E-state index contributed by atoms with van der Waals surface area (Å²) in [7, 11) is 0. The minimum absolute atomic E-state index is 0.0991. The first-order valence-corrected chi connectivity index (χ1v) is 6.21. The number of carbonyl (C=O) groups is 2. The second kappa shape index (κ2) is 4.64. The van der Waals surface area contributed by atoms with E-state index in [1.807, 2.05) is 0 Å². The first-order valence-electron chi connectivity index (χ1n) is 5.39. The Labute approximate surface area is 106 Å². The van der Waals surface area contributed by atoms with Crippen molar-refractivity contribution in [2.45, 2.75) is 25.2 Å². The van der Waals surface area contributed by atoms with Crippen LogP contribution in [0, 0.1) is 5.92 Å². The topological polar surface area (TPSA) is 66.4 Å². The lowest BCUT2D eigenvalue weighted by atomic mass is 10.1. The molecule has 4 nitrogen and oxygen atoms in total. The third-order valence-electron chi connectivity index (χ3n) is 2.84. The molecular formula is C11H11F2NO3S. The molecular weight excluding hydrogens is 264 g/mol. The minimum atomic E-state index is -2.76. The molecule has 0 aromatic carbocycles. The molecule has 1 aliphatic rings. The van der Waals surface area contributed by atoms with Crippen LogP contribution in [0.25, 0.3) is 0 Å². The number of alkyl halides is 2. The van der Waals surface area contributed by atoms with E-state index < -0.39 is 30.1 Å². The van der Waals surface area contributed by atoms with Gasteiger partial charge >= 0.3 is 5.97 Å². The van der Waals surface area contributed by atoms with Crippen molar-refractivity contribution < 1.29 is 23.5 Å². The maximum atomic E-state index is 12.9. The van der Waals surface area contributed by atoms with E-state index in [4.69, 9.17) is 5.11 Å². The monoisotopic (exact) mass is 275 g/mol. The van der Waals surface area contributed by atoms with Crippen LogP contribution in [0.1, 0.15) is 28.9 Å². The maximum absolute atomic E-state index is 12.9. The number of anilines is 1. The van der Waals surface area contributed by atoms with Crippen molar-refractivity contribution in [1.82, 2.24) is 0 Å². The summed E-state index contributed by atoms with van der Waals surface area (Å²) in [6.45, 7) is 0. The van der Waals surface area contributed by atoms with Crippen molar-refractivity contribution in [3.8, 4) is 0 Å². The van der Waals surface area contributed by atoms with E-state index in [9.17, 15) is 18.4 Å². The molecule has 0 saturated heterocycles. The van der Waals surface area contributed by atoms with Gasteiger partial charge in [0.2, 0.25) is 11.8 Å². The molecule has 1 unspecified atom stereocenters. The third-order valence-corrected chi connectivity index (χ3v) is 3.83. The summed E-state index contributed by atoms with van der Waals surface area (Å²) >= 11 is 0.909. The van der Waals surface area contributed by atoms with Crippen LogP contribution in [-0.4, -0.2) is 22.9 Å². The molecule has 7 heteroatoms. The highest BCUT2D eigenvalue weighted by atomic mass is 32.1. The minimum Gasteiger partial charge on any atom is -0.477 e. The molecule has 0 radical (unpaired) electrons. The van der Waals surface area contributed by atoms with Gasteiger partial charge in [-0.1, -0.05) is 0 Å². The number of amides is 1. The molecule has 1 aliphatic carbocycles. The predicted octanol–water partition coefficient (Wildman–Crippen LogP) is 2.82. The molecule has 2 rings (SSSR count). The van der Waals surface area contributed by atoms with Crippen molar-refractivity contribution in [3.05, 3.63) is 17.0 Å². The Kier molecular flexibility index (Phi) is 3.34. The van der Waals surface area contributed by atoms with Crippen molar-refractivity contribution in [2.75, 3.05) is 5.32 Å². The van der Waals surface area contributed by atoms with Gasteiger partial charge in [-0.25, -0.2) is 13.6 Å². The standard InChI is InChI=1S/C11H11F2NO3S/c12-11(13)4-3-6(5-11)9(15)14-8-2-1-7(18-8)10(16)17/h1-2,6H,3-5H2,(H,14,15)(H,16,17). The molecule has 0 spiro atoms. The number of halogens is 2. The lowest BCUT2D eigenvalue weighted by Gasteiger charge is -2.10. The number of thiophene rings is 1. The number of rotatable bonds is 3. The number of nitrogens with one attached hydrogen (secondary N) is 1. The molecule has 1 saturated carbocycles. The van der Waals surface area contributed by atoms with Crippen molar-refractivity contribution in [3.63, 3.8) is 0 Å². The molecule has 1 fully saturated rings. The maximum Gasteiger partial charge on any atom is 0.345 e. The molecule has 0 aliphatic heterocycles. The lowest BCUT2D eigenvalue weighted by molar-refractivity contribution is -0.120. The zero-order valence-corrected chi connectivity index (χ0v) is 10.1. The van der Waals surface area contributed by atoms with E-state index in [0.717, 1.165) is 11.3 Å². The number of carboxylic acid groups (broad SMARTS) is 1. The van der Waals surface area contributed by atoms with E-state index >= 15 is 0 Å². The Morgan fingerprint density at radius 1 is 1.44 bits per heavy atom. The van der Waals surface area contributed by atoms with Crippen molar-refractivity contribution >= 4 is 28.2 Å². The van der Waals surface area contributed by atoms with Crippen LogP contribution in [0.3, 0.4) is 0 Å². The molecule has 1 heterocycles. The summed E-state index contributed by atoms with van der Waals surface area (Å²) in [5.41, 5.74) is 0. The number of carboxylic acids is 1. The molecule has 1 atom stereocenters. The summed E-state index contributed by atoms with van der Waals surface area (Å²) in [4.78, 5) is 22.4. The van der Waals surface area contributed by atoms with Gasteiger partial charge in [-0.3, -0.25) is 4.79 Å². The summed E-state index contributed by atoms with van der Waals surface area (Å²) in [6, 6.07) is 2.82. The first kappa shape index (κ1) is 12.9. The van der Waals surface area contributed by atoms with Gasteiger partial charge in [0.05, 0.1) is 5.00 Å². The molecule has 1 aromatic rings. The van der Waals surface area contributed by atoms with Crippen LogP contribution in [0.15, 0.2) is 12.1 Å². The number of aromatic carboxylic acids is 1. The number of hydrogen-bond acceptors (Lipinski definition) is 3. The van der Waals surface area contributed by atoms with Gasteiger partial charge in [0.15, 0.2) is 0 Å². The largest absolute Gasteiger partial charge is 0.477 e. The average Bonchev–Trinajstić information content (AvgIpc) is 2.84. The van der Waals surface area contributed by atoms with Crippen LogP contribution in [-0.2, 0) is 4.79 Å². The zero-order chi connectivity index (χ0) is 13.3. The smallest absolute Gasteiger partial charge is 0.345 e. The molecule has 2 N–H and O–H groups in total. The fourth-order valence-electron chi connectivity index (χ4n) is 1.92. The van der Waals surface area contributed by atoms with Gasteiger partial charge in [-0.05, 0) is 18.6 Å². The van der Waals surface area contributed by atoms with Crippen LogP contribution in [0.4, 0.5) is 13.8 Å². The Bertz CT molecular complexity index is 486. The van der Waals surface area contributed by atoms with Crippen molar-refractivity contribution in [1.29, 1.82) is 0 Å². The summed E-state index contributed by atoms with van der Waals surface area (Å²) < 4.78 is 25.9.